The summed E-state index contributed by atoms with van der Waals surface area (Å²) in [6.45, 7) is 4.81. The molecule has 2 amide bonds. The van der Waals surface area contributed by atoms with Gasteiger partial charge < -0.3 is 25.0 Å². The van der Waals surface area contributed by atoms with Gasteiger partial charge in [0, 0.05) is 63.9 Å². The number of piperazine rings is 1. The molecule has 1 fully saturated rings. The molecule has 4 heterocycles. The number of aryl methyl sites for hydroxylation is 1. The van der Waals surface area contributed by atoms with Gasteiger partial charge in [-0.15, -0.1) is 22.6 Å². The second-order valence-electron chi connectivity index (χ2n) is 9.37. The van der Waals surface area contributed by atoms with E-state index < -0.39 is 0 Å². The van der Waals surface area contributed by atoms with Crippen molar-refractivity contribution < 1.29 is 14.1 Å². The number of rotatable bonds is 10. The maximum Gasteiger partial charge on any atom is 0.276 e. The molecule has 39 heavy (non-hydrogen) atoms. The van der Waals surface area contributed by atoms with E-state index in [2.05, 4.69) is 52.8 Å². The van der Waals surface area contributed by atoms with E-state index in [1.165, 1.54) is 0 Å². The van der Waals surface area contributed by atoms with E-state index >= 15 is 0 Å². The molecule has 0 aromatic carbocycles. The summed E-state index contributed by atoms with van der Waals surface area (Å²) in [6.07, 6.45) is 10.5. The normalized spacial score (nSPS) is 18.6. The molecule has 0 spiro atoms. The van der Waals surface area contributed by atoms with E-state index in [4.69, 9.17) is 4.52 Å². The number of fused-ring (bicyclic) bond motifs is 1. The van der Waals surface area contributed by atoms with Crippen molar-refractivity contribution in [3.63, 3.8) is 0 Å². The Bertz CT molecular complexity index is 1300. The summed E-state index contributed by atoms with van der Waals surface area (Å²) in [5.74, 6) is 1.62. The molecule has 5 rings (SSSR count). The molecule has 12 nitrogen and oxygen atoms in total. The van der Waals surface area contributed by atoms with Crippen LogP contribution < -0.4 is 15.5 Å². The Labute approximate surface area is 232 Å². The highest BCUT2D eigenvalue weighted by molar-refractivity contribution is 5.86. The molecule has 206 valence electrons. The van der Waals surface area contributed by atoms with Crippen LogP contribution in [-0.4, -0.2) is 78.2 Å². The number of anilines is 1. The number of carbonyl (C=O) groups excluding carboxylic acids is 2. The van der Waals surface area contributed by atoms with Crippen LogP contribution in [0.2, 0.25) is 0 Å². The van der Waals surface area contributed by atoms with Crippen LogP contribution in [0.5, 0.6) is 0 Å². The van der Waals surface area contributed by atoms with E-state index in [0.29, 0.717) is 43.5 Å². The van der Waals surface area contributed by atoms with Crippen molar-refractivity contribution in [1.29, 1.82) is 0 Å². The molecule has 0 bridgehead atoms. The number of hydrogen-bond donors (Lipinski definition) is 2. The predicted molar refractivity (Wildman–Crippen MR) is 147 cm³/mol. The van der Waals surface area contributed by atoms with Crippen LogP contribution in [-0.2, 0) is 16.0 Å². The van der Waals surface area contributed by atoms with Crippen molar-refractivity contribution in [3.05, 3.63) is 59.9 Å². The third-order valence-electron chi connectivity index (χ3n) is 6.65. The summed E-state index contributed by atoms with van der Waals surface area (Å²) in [6, 6.07) is 3.81. The molecule has 3 aliphatic rings. The largest absolute Gasteiger partial charge is 0.368 e. The molecule has 1 aliphatic carbocycles. The van der Waals surface area contributed by atoms with Crippen LogP contribution in [0.15, 0.2) is 68.8 Å². The summed E-state index contributed by atoms with van der Waals surface area (Å²) in [5.41, 5.74) is 1.64. The molecule has 2 aliphatic heterocycles. The van der Waals surface area contributed by atoms with Crippen LogP contribution in [0.3, 0.4) is 0 Å². The maximum atomic E-state index is 12.3. The zero-order valence-corrected chi connectivity index (χ0v) is 22.6. The summed E-state index contributed by atoms with van der Waals surface area (Å²) in [4.78, 5) is 37.8. The standard InChI is InChI=1S/C26H31N9O3.ClH/c1-34-14-16-35(17-15-34)25-20(8-4-11-29-25)24-30-22(38-33-24)10-9-21(36)27-12-5-13-28-23-18-6-2-3-7-19(18)26(37)32-31-23;/h2-4,6-8,11,19,28H,5,9-10,12-17H2,1H3,(H,27,36);1H. The number of carbonyl (C=O) groups is 2. The molecule has 2 N–H and O–H groups in total. The number of nitrogens with zero attached hydrogens (tertiary/aromatic N) is 7. The smallest absolute Gasteiger partial charge is 0.276 e. The van der Waals surface area contributed by atoms with E-state index in [1.54, 1.807) is 6.20 Å². The molecule has 1 saturated heterocycles. The van der Waals surface area contributed by atoms with Crippen molar-refractivity contribution in [3.8, 4) is 11.4 Å². The molecular weight excluding hydrogens is 522 g/mol. The monoisotopic (exact) mass is 553 g/mol. The van der Waals surface area contributed by atoms with Crippen LogP contribution in [0.25, 0.3) is 11.4 Å². The topological polar surface area (TPSA) is 141 Å². The fourth-order valence-corrected chi connectivity index (χ4v) is 4.48. The van der Waals surface area contributed by atoms with Gasteiger partial charge in [0.1, 0.15) is 5.82 Å². The van der Waals surface area contributed by atoms with Crippen molar-refractivity contribution >= 4 is 30.0 Å². The summed E-state index contributed by atoms with van der Waals surface area (Å²) >= 11 is 0. The fourth-order valence-electron chi connectivity index (χ4n) is 4.48. The number of azo groups is 1. The molecule has 0 radical (unpaired) electrons. The lowest BCUT2D eigenvalue weighted by atomic mass is 9.93. The van der Waals surface area contributed by atoms with Crippen molar-refractivity contribution in [2.75, 3.05) is 51.2 Å². The number of nitrogens with one attached hydrogen (secondary N) is 2. The fraction of sp³-hybridized carbons (Fsp3) is 0.423. The minimum atomic E-state index is -0.374. The van der Waals surface area contributed by atoms with Crippen molar-refractivity contribution in [1.82, 2.24) is 30.7 Å². The van der Waals surface area contributed by atoms with Gasteiger partial charge in [0.2, 0.25) is 17.6 Å². The Balaban J connectivity index is 0.00000353. The lowest BCUT2D eigenvalue weighted by Gasteiger charge is -2.33. The Morgan fingerprint density at radius 2 is 2.00 bits per heavy atom. The molecule has 2 aromatic heterocycles. The number of pyridine rings is 1. The van der Waals surface area contributed by atoms with Gasteiger partial charge in [-0.2, -0.15) is 4.98 Å². The first-order chi connectivity index (χ1) is 18.6. The molecular formula is C26H32ClN9O3. The molecule has 1 atom stereocenters. The second-order valence-corrected chi connectivity index (χ2v) is 9.37. The lowest BCUT2D eigenvalue weighted by Crippen LogP contribution is -2.45. The SMILES string of the molecule is CN1CCN(c2ncccc2-c2noc(CCC(=O)NCCCNC3=C4C=CC=CC4C(=O)N=N3)n2)CC1.Cl. The average Bonchev–Trinajstić information content (AvgIpc) is 3.42. The van der Waals surface area contributed by atoms with Crippen molar-refractivity contribution in [2.24, 2.45) is 16.1 Å². The molecule has 13 heteroatoms. The van der Waals surface area contributed by atoms with Crippen LogP contribution >= 0.6 is 12.4 Å². The Morgan fingerprint density at radius 1 is 1.15 bits per heavy atom. The highest BCUT2D eigenvalue weighted by Gasteiger charge is 2.27. The van der Waals surface area contributed by atoms with Gasteiger partial charge in [-0.3, -0.25) is 9.59 Å². The number of allylic oxidation sites excluding steroid dienone is 3. The molecule has 2 aromatic rings. The lowest BCUT2D eigenvalue weighted by molar-refractivity contribution is -0.121. The minimum absolute atomic E-state index is 0. The van der Waals surface area contributed by atoms with E-state index in [-0.39, 0.29) is 36.6 Å². The number of amides is 2. The van der Waals surface area contributed by atoms with Gasteiger partial charge in [0.05, 0.1) is 11.5 Å². The first kappa shape index (κ1) is 28.1. The van der Waals surface area contributed by atoms with E-state index in [1.807, 2.05) is 36.4 Å². The number of halogens is 1. The van der Waals surface area contributed by atoms with Gasteiger partial charge in [-0.1, -0.05) is 29.5 Å². The van der Waals surface area contributed by atoms with Gasteiger partial charge in [0.25, 0.3) is 5.91 Å². The zero-order valence-electron chi connectivity index (χ0n) is 21.7. The third-order valence-corrected chi connectivity index (χ3v) is 6.65. The third kappa shape index (κ3) is 6.95. The quantitative estimate of drug-likeness (QED) is 0.424. The molecule has 1 unspecified atom stereocenters. The summed E-state index contributed by atoms with van der Waals surface area (Å²) in [7, 11) is 2.11. The first-order valence-electron chi connectivity index (χ1n) is 12.8. The average molecular weight is 554 g/mol. The highest BCUT2D eigenvalue weighted by atomic mass is 35.5. The Kier molecular flexibility index (Phi) is 9.55. The van der Waals surface area contributed by atoms with Crippen LogP contribution in [0.1, 0.15) is 18.7 Å². The van der Waals surface area contributed by atoms with Crippen LogP contribution in [0, 0.1) is 5.92 Å². The number of likely N-dealkylation sites (N-methyl/N-ethyl adjacent to an activating group) is 1. The molecule has 0 saturated carbocycles. The van der Waals surface area contributed by atoms with Gasteiger partial charge >= 0.3 is 0 Å². The maximum absolute atomic E-state index is 12.3. The minimum Gasteiger partial charge on any atom is -0.368 e. The Morgan fingerprint density at radius 3 is 2.85 bits per heavy atom. The number of aromatic nitrogens is 3. The van der Waals surface area contributed by atoms with Gasteiger partial charge in [-0.05, 0) is 25.6 Å². The predicted octanol–water partition coefficient (Wildman–Crippen LogP) is 2.28. The number of hydrogen-bond acceptors (Lipinski definition) is 10. The highest BCUT2D eigenvalue weighted by Crippen LogP contribution is 2.28. The van der Waals surface area contributed by atoms with E-state index in [0.717, 1.165) is 43.1 Å². The van der Waals surface area contributed by atoms with Crippen LogP contribution in [0.4, 0.5) is 5.82 Å². The Hall–Kier alpha value is -3.90. The van der Waals surface area contributed by atoms with Crippen molar-refractivity contribution in [2.45, 2.75) is 19.3 Å². The summed E-state index contributed by atoms with van der Waals surface area (Å²) in [5, 5.41) is 18.0. The van der Waals surface area contributed by atoms with E-state index in [9.17, 15) is 9.59 Å². The summed E-state index contributed by atoms with van der Waals surface area (Å²) < 4.78 is 5.43. The zero-order chi connectivity index (χ0) is 26.3. The van der Waals surface area contributed by atoms with Gasteiger partial charge in [-0.25, -0.2) is 4.98 Å². The van der Waals surface area contributed by atoms with Gasteiger partial charge in [0.15, 0.2) is 5.82 Å². The second kappa shape index (κ2) is 13.3. The first-order valence-corrected chi connectivity index (χ1v) is 12.8.